The van der Waals surface area contributed by atoms with E-state index < -0.39 is 6.67 Å². The molecular weight excluding hydrogens is 236 g/mol. The Morgan fingerprint density at radius 3 is 2.94 bits per heavy atom. The van der Waals surface area contributed by atoms with Crippen LogP contribution < -0.4 is 5.32 Å². The van der Waals surface area contributed by atoms with E-state index in [4.69, 9.17) is 0 Å². The maximum absolute atomic E-state index is 13.0. The van der Waals surface area contributed by atoms with Gasteiger partial charge in [-0.3, -0.25) is 0 Å². The minimum Gasteiger partial charge on any atom is -0.366 e. The summed E-state index contributed by atoms with van der Waals surface area (Å²) < 4.78 is 26.9. The second-order valence-corrected chi connectivity index (χ2v) is 4.07. The van der Waals surface area contributed by atoms with Crippen LogP contribution in [0.1, 0.15) is 11.1 Å². The Bertz CT molecular complexity index is 523. The lowest BCUT2D eigenvalue weighted by atomic mass is 10.2. The molecule has 0 saturated carbocycles. The van der Waals surface area contributed by atoms with E-state index >= 15 is 0 Å². The molecule has 2 aromatic rings. The van der Waals surface area contributed by atoms with Crippen LogP contribution in [0.25, 0.3) is 0 Å². The molecule has 1 aromatic carbocycles. The van der Waals surface area contributed by atoms with E-state index in [-0.39, 0.29) is 12.4 Å². The molecule has 1 aromatic heterocycles. The summed E-state index contributed by atoms with van der Waals surface area (Å²) in [6.07, 6.45) is 1.68. The van der Waals surface area contributed by atoms with Crippen LogP contribution in [0, 0.1) is 12.7 Å². The van der Waals surface area contributed by atoms with Crippen molar-refractivity contribution in [3.8, 4) is 0 Å². The molecule has 0 saturated heterocycles. The summed E-state index contributed by atoms with van der Waals surface area (Å²) >= 11 is 0. The van der Waals surface area contributed by atoms with Gasteiger partial charge < -0.3 is 5.32 Å². The standard InChI is InChI=1S/C13H15F2N3/c1-10-8-17-18(6-5-14)13(10)16-9-11-3-2-4-12(15)7-11/h2-4,7-8,16H,5-6,9H2,1H3. The molecule has 5 heteroatoms. The summed E-state index contributed by atoms with van der Waals surface area (Å²) in [5.41, 5.74) is 1.78. The largest absolute Gasteiger partial charge is 0.366 e. The lowest BCUT2D eigenvalue weighted by Gasteiger charge is -2.10. The van der Waals surface area contributed by atoms with Gasteiger partial charge in [-0.1, -0.05) is 12.1 Å². The molecule has 0 aliphatic rings. The van der Waals surface area contributed by atoms with Gasteiger partial charge in [0, 0.05) is 12.1 Å². The molecule has 3 nitrogen and oxygen atoms in total. The number of benzene rings is 1. The summed E-state index contributed by atoms with van der Waals surface area (Å²) in [5, 5.41) is 7.23. The zero-order valence-corrected chi connectivity index (χ0v) is 10.2. The van der Waals surface area contributed by atoms with Crippen molar-refractivity contribution in [2.45, 2.75) is 20.0 Å². The summed E-state index contributed by atoms with van der Waals surface area (Å²) in [5.74, 6) is 0.514. The van der Waals surface area contributed by atoms with Gasteiger partial charge in [0.25, 0.3) is 0 Å². The Morgan fingerprint density at radius 2 is 2.22 bits per heavy atom. The van der Waals surface area contributed by atoms with Crippen molar-refractivity contribution in [3.63, 3.8) is 0 Å². The van der Waals surface area contributed by atoms with Gasteiger partial charge in [-0.05, 0) is 24.6 Å². The predicted octanol–water partition coefficient (Wildman–Crippen LogP) is 2.91. The highest BCUT2D eigenvalue weighted by Crippen LogP contribution is 2.15. The van der Waals surface area contributed by atoms with Crippen LogP contribution in [0.5, 0.6) is 0 Å². The minimum absolute atomic E-state index is 0.222. The lowest BCUT2D eigenvalue weighted by molar-refractivity contribution is 0.429. The molecule has 96 valence electrons. The van der Waals surface area contributed by atoms with Crippen molar-refractivity contribution in [3.05, 3.63) is 47.4 Å². The van der Waals surface area contributed by atoms with Gasteiger partial charge >= 0.3 is 0 Å². The van der Waals surface area contributed by atoms with E-state index in [1.165, 1.54) is 12.1 Å². The maximum atomic E-state index is 13.0. The molecule has 18 heavy (non-hydrogen) atoms. The zero-order chi connectivity index (χ0) is 13.0. The quantitative estimate of drug-likeness (QED) is 0.885. The molecule has 0 spiro atoms. The number of rotatable bonds is 5. The normalized spacial score (nSPS) is 10.6. The van der Waals surface area contributed by atoms with Crippen molar-refractivity contribution in [1.29, 1.82) is 0 Å². The van der Waals surface area contributed by atoms with Gasteiger partial charge in [-0.25, -0.2) is 13.5 Å². The molecule has 0 fully saturated rings. The first-order valence-electron chi connectivity index (χ1n) is 5.77. The molecule has 0 bridgehead atoms. The highest BCUT2D eigenvalue weighted by atomic mass is 19.1. The summed E-state index contributed by atoms with van der Waals surface area (Å²) in [6.45, 7) is 2.14. The van der Waals surface area contributed by atoms with Crippen LogP contribution in [0.15, 0.2) is 30.5 Å². The molecule has 2 rings (SSSR count). The highest BCUT2D eigenvalue weighted by molar-refractivity contribution is 5.43. The van der Waals surface area contributed by atoms with Crippen LogP contribution in [-0.4, -0.2) is 16.5 Å². The van der Waals surface area contributed by atoms with Crippen LogP contribution in [0.3, 0.4) is 0 Å². The number of halogens is 2. The first-order valence-corrected chi connectivity index (χ1v) is 5.77. The number of hydrogen-bond acceptors (Lipinski definition) is 2. The van der Waals surface area contributed by atoms with Crippen LogP contribution in [0.2, 0.25) is 0 Å². The molecule has 0 aliphatic carbocycles. The second kappa shape index (κ2) is 5.62. The average Bonchev–Trinajstić information content (AvgIpc) is 2.69. The Balaban J connectivity index is 2.08. The van der Waals surface area contributed by atoms with E-state index in [1.54, 1.807) is 16.9 Å². The first-order chi connectivity index (χ1) is 8.70. The van der Waals surface area contributed by atoms with Gasteiger partial charge in [0.2, 0.25) is 0 Å². The van der Waals surface area contributed by atoms with Crippen molar-refractivity contribution in [1.82, 2.24) is 9.78 Å². The Labute approximate surface area is 104 Å². The van der Waals surface area contributed by atoms with E-state index in [2.05, 4.69) is 10.4 Å². The number of nitrogens with zero attached hydrogens (tertiary/aromatic N) is 2. The zero-order valence-electron chi connectivity index (χ0n) is 10.2. The van der Waals surface area contributed by atoms with Gasteiger partial charge in [0.15, 0.2) is 0 Å². The third-order valence-electron chi connectivity index (χ3n) is 2.67. The molecular formula is C13H15F2N3. The molecule has 0 amide bonds. The van der Waals surface area contributed by atoms with Gasteiger partial charge in [0.05, 0.1) is 12.7 Å². The summed E-state index contributed by atoms with van der Waals surface area (Å²) in [7, 11) is 0. The van der Waals surface area contributed by atoms with E-state index in [0.29, 0.717) is 6.54 Å². The van der Waals surface area contributed by atoms with Gasteiger partial charge in [-0.2, -0.15) is 5.10 Å². The topological polar surface area (TPSA) is 29.9 Å². The molecule has 1 N–H and O–H groups in total. The fourth-order valence-corrected chi connectivity index (χ4v) is 1.79. The second-order valence-electron chi connectivity index (χ2n) is 4.07. The number of alkyl halides is 1. The highest BCUT2D eigenvalue weighted by Gasteiger charge is 2.06. The van der Waals surface area contributed by atoms with Crippen LogP contribution in [0.4, 0.5) is 14.6 Å². The SMILES string of the molecule is Cc1cnn(CCF)c1NCc1cccc(F)c1. The fraction of sp³-hybridized carbons (Fsp3) is 0.308. The number of aryl methyl sites for hydroxylation is 2. The maximum Gasteiger partial charge on any atom is 0.127 e. The van der Waals surface area contributed by atoms with E-state index in [0.717, 1.165) is 16.9 Å². The van der Waals surface area contributed by atoms with Crippen molar-refractivity contribution in [2.24, 2.45) is 0 Å². The van der Waals surface area contributed by atoms with Gasteiger partial charge in [0.1, 0.15) is 18.3 Å². The fourth-order valence-electron chi connectivity index (χ4n) is 1.79. The minimum atomic E-state index is -0.463. The monoisotopic (exact) mass is 251 g/mol. The molecule has 0 unspecified atom stereocenters. The van der Waals surface area contributed by atoms with Crippen molar-refractivity contribution in [2.75, 3.05) is 12.0 Å². The third-order valence-corrected chi connectivity index (χ3v) is 2.67. The van der Waals surface area contributed by atoms with Crippen LogP contribution >= 0.6 is 0 Å². The van der Waals surface area contributed by atoms with Crippen LogP contribution in [-0.2, 0) is 13.1 Å². The molecule has 0 aliphatic heterocycles. The molecule has 0 atom stereocenters. The molecule has 1 heterocycles. The summed E-state index contributed by atoms with van der Waals surface area (Å²) in [4.78, 5) is 0. The Kier molecular flexibility index (Phi) is 3.92. The average molecular weight is 251 g/mol. The summed E-state index contributed by atoms with van der Waals surface area (Å²) in [6, 6.07) is 6.37. The number of nitrogens with one attached hydrogen (secondary N) is 1. The van der Waals surface area contributed by atoms with E-state index in [1.807, 2.05) is 13.0 Å². The lowest BCUT2D eigenvalue weighted by Crippen LogP contribution is -2.10. The van der Waals surface area contributed by atoms with E-state index in [9.17, 15) is 8.78 Å². The Hall–Kier alpha value is -1.91. The number of anilines is 1. The Morgan fingerprint density at radius 1 is 1.39 bits per heavy atom. The smallest absolute Gasteiger partial charge is 0.127 e. The van der Waals surface area contributed by atoms with Gasteiger partial charge in [-0.15, -0.1) is 0 Å². The van der Waals surface area contributed by atoms with Crippen molar-refractivity contribution < 1.29 is 8.78 Å². The first kappa shape index (κ1) is 12.5. The number of aromatic nitrogens is 2. The molecule has 0 radical (unpaired) electrons. The van der Waals surface area contributed by atoms with Crippen molar-refractivity contribution >= 4 is 5.82 Å². The third kappa shape index (κ3) is 2.85. The number of hydrogen-bond donors (Lipinski definition) is 1. The predicted molar refractivity (Wildman–Crippen MR) is 66.7 cm³/mol.